The summed E-state index contributed by atoms with van der Waals surface area (Å²) in [6.07, 6.45) is 2.79. The second kappa shape index (κ2) is 3.26. The van der Waals surface area contributed by atoms with Crippen LogP contribution >= 0.6 is 0 Å². The summed E-state index contributed by atoms with van der Waals surface area (Å²) in [7, 11) is 0. The van der Waals surface area contributed by atoms with Gasteiger partial charge in [0.05, 0.1) is 0 Å². The quantitative estimate of drug-likeness (QED) is 0.753. The fourth-order valence-corrected chi connectivity index (χ4v) is 2.37. The van der Waals surface area contributed by atoms with Crippen LogP contribution in [0, 0.1) is 0 Å². The van der Waals surface area contributed by atoms with E-state index in [9.17, 15) is 4.79 Å². The normalized spacial score (nSPS) is 19.2. The third-order valence-corrected chi connectivity index (χ3v) is 3.19. The minimum absolute atomic E-state index is 0.257. The highest BCUT2D eigenvalue weighted by Crippen LogP contribution is 2.29. The molecule has 0 aliphatic carbocycles. The van der Waals surface area contributed by atoms with Crippen LogP contribution in [0.25, 0.3) is 0 Å². The molecule has 1 aromatic rings. The molecule has 0 spiro atoms. The first-order valence-electron chi connectivity index (χ1n) is 5.52. The second-order valence-electron chi connectivity index (χ2n) is 4.17. The van der Waals surface area contributed by atoms with Crippen LogP contribution in [-0.2, 0) is 11.2 Å². The van der Waals surface area contributed by atoms with Crippen molar-refractivity contribution in [3.05, 3.63) is 23.8 Å². The maximum atomic E-state index is 11.6. The molecule has 78 valence electrons. The monoisotopic (exact) mass is 202 g/mol. The van der Waals surface area contributed by atoms with E-state index in [0.717, 1.165) is 31.6 Å². The van der Waals surface area contributed by atoms with Crippen LogP contribution in [-0.4, -0.2) is 19.0 Å². The predicted octanol–water partition coefficient (Wildman–Crippen LogP) is 1.78. The largest absolute Gasteiger partial charge is 0.384 e. The van der Waals surface area contributed by atoms with Crippen molar-refractivity contribution in [1.29, 1.82) is 0 Å². The van der Waals surface area contributed by atoms with Gasteiger partial charge in [-0.05, 0) is 30.5 Å². The van der Waals surface area contributed by atoms with Crippen LogP contribution in [0.4, 0.5) is 11.4 Å². The summed E-state index contributed by atoms with van der Waals surface area (Å²) in [5.41, 5.74) is 3.61. The second-order valence-corrected chi connectivity index (χ2v) is 4.17. The van der Waals surface area contributed by atoms with Gasteiger partial charge in [-0.25, -0.2) is 0 Å². The molecule has 3 nitrogen and oxygen atoms in total. The maximum absolute atomic E-state index is 11.6. The standard InChI is InChI=1S/C12H14N2O/c15-12-2-1-7-14(12)10-4-3-9-5-6-13-11(9)8-10/h3-4,8,13H,1-2,5-7H2. The van der Waals surface area contributed by atoms with Gasteiger partial charge in [0.2, 0.25) is 5.91 Å². The number of nitrogens with zero attached hydrogens (tertiary/aromatic N) is 1. The highest BCUT2D eigenvalue weighted by Gasteiger charge is 2.22. The molecule has 0 atom stereocenters. The van der Waals surface area contributed by atoms with Gasteiger partial charge in [-0.2, -0.15) is 0 Å². The molecule has 15 heavy (non-hydrogen) atoms. The van der Waals surface area contributed by atoms with Crippen molar-refractivity contribution in [3.8, 4) is 0 Å². The van der Waals surface area contributed by atoms with Crippen molar-refractivity contribution < 1.29 is 4.79 Å². The van der Waals surface area contributed by atoms with Gasteiger partial charge in [0.15, 0.2) is 0 Å². The molecule has 0 aromatic heterocycles. The van der Waals surface area contributed by atoms with Crippen LogP contribution in [0.3, 0.4) is 0 Å². The molecule has 1 fully saturated rings. The number of rotatable bonds is 1. The summed E-state index contributed by atoms with van der Waals surface area (Å²) in [5, 5.41) is 3.34. The Kier molecular flexibility index (Phi) is 1.91. The third kappa shape index (κ3) is 1.39. The van der Waals surface area contributed by atoms with E-state index < -0.39 is 0 Å². The van der Waals surface area contributed by atoms with Crippen molar-refractivity contribution in [2.75, 3.05) is 23.3 Å². The predicted molar refractivity (Wildman–Crippen MR) is 60.2 cm³/mol. The van der Waals surface area contributed by atoms with E-state index in [2.05, 4.69) is 23.5 Å². The van der Waals surface area contributed by atoms with Crippen molar-refractivity contribution >= 4 is 17.3 Å². The van der Waals surface area contributed by atoms with Gasteiger partial charge in [-0.1, -0.05) is 6.07 Å². The third-order valence-electron chi connectivity index (χ3n) is 3.19. The molecule has 1 amide bonds. The van der Waals surface area contributed by atoms with Gasteiger partial charge in [-0.3, -0.25) is 4.79 Å². The SMILES string of the molecule is O=C1CCCN1c1ccc2c(c1)NCC2. The minimum Gasteiger partial charge on any atom is -0.384 e. The summed E-state index contributed by atoms with van der Waals surface area (Å²) >= 11 is 0. The molecular formula is C12H14N2O. The van der Waals surface area contributed by atoms with E-state index in [1.807, 2.05) is 4.90 Å². The van der Waals surface area contributed by atoms with Crippen molar-refractivity contribution in [1.82, 2.24) is 0 Å². The van der Waals surface area contributed by atoms with Crippen LogP contribution in [0.5, 0.6) is 0 Å². The summed E-state index contributed by atoms with van der Waals surface area (Å²) < 4.78 is 0. The lowest BCUT2D eigenvalue weighted by Gasteiger charge is -2.16. The zero-order chi connectivity index (χ0) is 10.3. The maximum Gasteiger partial charge on any atom is 0.227 e. The van der Waals surface area contributed by atoms with Crippen LogP contribution in [0.15, 0.2) is 18.2 Å². The van der Waals surface area contributed by atoms with Crippen molar-refractivity contribution in [2.45, 2.75) is 19.3 Å². The first-order chi connectivity index (χ1) is 7.34. The molecule has 3 heteroatoms. The molecule has 0 saturated carbocycles. The smallest absolute Gasteiger partial charge is 0.227 e. The van der Waals surface area contributed by atoms with Gasteiger partial charge in [0.25, 0.3) is 0 Å². The number of hydrogen-bond acceptors (Lipinski definition) is 2. The number of carbonyl (C=O) groups excluding carboxylic acids is 1. The molecular weight excluding hydrogens is 188 g/mol. The van der Waals surface area contributed by atoms with Gasteiger partial charge in [0, 0.05) is 30.9 Å². The van der Waals surface area contributed by atoms with Crippen molar-refractivity contribution in [3.63, 3.8) is 0 Å². The summed E-state index contributed by atoms with van der Waals surface area (Å²) in [4.78, 5) is 13.5. The Morgan fingerprint density at radius 1 is 1.27 bits per heavy atom. The lowest BCUT2D eigenvalue weighted by Crippen LogP contribution is -2.23. The first-order valence-corrected chi connectivity index (χ1v) is 5.52. The van der Waals surface area contributed by atoms with Crippen LogP contribution < -0.4 is 10.2 Å². The Labute approximate surface area is 89.1 Å². The van der Waals surface area contributed by atoms with Crippen LogP contribution in [0.1, 0.15) is 18.4 Å². The highest BCUT2D eigenvalue weighted by atomic mass is 16.2. The number of hydrogen-bond donors (Lipinski definition) is 1. The highest BCUT2D eigenvalue weighted by molar-refractivity contribution is 5.95. The molecule has 1 N–H and O–H groups in total. The fourth-order valence-electron chi connectivity index (χ4n) is 2.37. The van der Waals surface area contributed by atoms with E-state index >= 15 is 0 Å². The molecule has 1 aromatic carbocycles. The fraction of sp³-hybridized carbons (Fsp3) is 0.417. The number of benzene rings is 1. The molecule has 1 saturated heterocycles. The van der Waals surface area contributed by atoms with E-state index in [4.69, 9.17) is 0 Å². The molecule has 2 heterocycles. The molecule has 0 bridgehead atoms. The molecule has 2 aliphatic heterocycles. The number of amides is 1. The number of carbonyl (C=O) groups is 1. The van der Waals surface area contributed by atoms with Crippen molar-refractivity contribution in [2.24, 2.45) is 0 Å². The lowest BCUT2D eigenvalue weighted by molar-refractivity contribution is -0.117. The molecule has 2 aliphatic rings. The van der Waals surface area contributed by atoms with Gasteiger partial charge in [-0.15, -0.1) is 0 Å². The Morgan fingerprint density at radius 3 is 3.00 bits per heavy atom. The number of fused-ring (bicyclic) bond motifs is 1. The average molecular weight is 202 g/mol. The number of nitrogens with one attached hydrogen (secondary N) is 1. The Morgan fingerprint density at radius 2 is 2.20 bits per heavy atom. The minimum atomic E-state index is 0.257. The Bertz CT molecular complexity index is 414. The van der Waals surface area contributed by atoms with E-state index in [-0.39, 0.29) is 5.91 Å². The Balaban J connectivity index is 1.95. The first kappa shape index (κ1) is 8.77. The lowest BCUT2D eigenvalue weighted by atomic mass is 10.1. The summed E-state index contributed by atoms with van der Waals surface area (Å²) in [5.74, 6) is 0.257. The summed E-state index contributed by atoms with van der Waals surface area (Å²) in [6.45, 7) is 1.89. The van der Waals surface area contributed by atoms with E-state index in [1.54, 1.807) is 0 Å². The van der Waals surface area contributed by atoms with E-state index in [0.29, 0.717) is 6.42 Å². The number of anilines is 2. The molecule has 3 rings (SSSR count). The van der Waals surface area contributed by atoms with Gasteiger partial charge in [0.1, 0.15) is 0 Å². The Hall–Kier alpha value is -1.51. The molecule has 0 radical (unpaired) electrons. The zero-order valence-corrected chi connectivity index (χ0v) is 8.62. The van der Waals surface area contributed by atoms with Crippen LogP contribution in [0.2, 0.25) is 0 Å². The molecule has 0 unspecified atom stereocenters. The topological polar surface area (TPSA) is 32.3 Å². The zero-order valence-electron chi connectivity index (χ0n) is 8.62. The van der Waals surface area contributed by atoms with E-state index in [1.165, 1.54) is 11.3 Å². The van der Waals surface area contributed by atoms with Gasteiger partial charge < -0.3 is 10.2 Å². The average Bonchev–Trinajstić information content (AvgIpc) is 2.84. The summed E-state index contributed by atoms with van der Waals surface area (Å²) in [6, 6.07) is 6.30. The van der Waals surface area contributed by atoms with Gasteiger partial charge >= 0.3 is 0 Å².